The Morgan fingerprint density at radius 3 is 2.73 bits per heavy atom. The minimum absolute atomic E-state index is 0.0470. The summed E-state index contributed by atoms with van der Waals surface area (Å²) < 4.78 is 5.07. The van der Waals surface area contributed by atoms with Crippen molar-refractivity contribution in [1.29, 1.82) is 0 Å². The SMILES string of the molecule is C=NOC(=O)C1CCOCC1. The Morgan fingerprint density at radius 2 is 2.18 bits per heavy atom. The number of ether oxygens (including phenoxy) is 1. The first-order valence-electron chi connectivity index (χ1n) is 3.59. The fraction of sp³-hybridized carbons (Fsp3) is 0.714. The van der Waals surface area contributed by atoms with Crippen LogP contribution in [-0.4, -0.2) is 25.9 Å². The van der Waals surface area contributed by atoms with Crippen molar-refractivity contribution in [2.24, 2.45) is 11.1 Å². The monoisotopic (exact) mass is 157 g/mol. The van der Waals surface area contributed by atoms with Gasteiger partial charge in [0.1, 0.15) is 0 Å². The van der Waals surface area contributed by atoms with E-state index < -0.39 is 0 Å². The number of carbonyl (C=O) groups excluding carboxylic acids is 1. The Bertz CT molecular complexity index is 152. The largest absolute Gasteiger partial charge is 0.381 e. The van der Waals surface area contributed by atoms with E-state index in [4.69, 9.17) is 4.74 Å². The Kier molecular flexibility index (Phi) is 3.04. The van der Waals surface area contributed by atoms with E-state index in [9.17, 15) is 4.79 Å². The Labute approximate surface area is 65.2 Å². The molecule has 11 heavy (non-hydrogen) atoms. The number of carbonyl (C=O) groups is 1. The van der Waals surface area contributed by atoms with Gasteiger partial charge in [0.25, 0.3) is 0 Å². The van der Waals surface area contributed by atoms with E-state index in [-0.39, 0.29) is 11.9 Å². The van der Waals surface area contributed by atoms with E-state index in [2.05, 4.69) is 16.7 Å². The molecule has 0 aromatic heterocycles. The molecule has 1 fully saturated rings. The normalized spacial score (nSPS) is 19.3. The lowest BCUT2D eigenvalue weighted by molar-refractivity contribution is -0.151. The van der Waals surface area contributed by atoms with Gasteiger partial charge in [-0.2, -0.15) is 0 Å². The second kappa shape index (κ2) is 4.08. The van der Waals surface area contributed by atoms with E-state index in [1.807, 2.05) is 0 Å². The Morgan fingerprint density at radius 1 is 1.55 bits per heavy atom. The van der Waals surface area contributed by atoms with Crippen molar-refractivity contribution < 1.29 is 14.4 Å². The minimum Gasteiger partial charge on any atom is -0.381 e. The van der Waals surface area contributed by atoms with Gasteiger partial charge in [0.05, 0.1) is 5.92 Å². The van der Waals surface area contributed by atoms with Crippen molar-refractivity contribution in [3.63, 3.8) is 0 Å². The van der Waals surface area contributed by atoms with E-state index in [0.717, 1.165) is 12.8 Å². The molecule has 1 saturated heterocycles. The summed E-state index contributed by atoms with van der Waals surface area (Å²) in [6.45, 7) is 4.34. The van der Waals surface area contributed by atoms with Gasteiger partial charge in [-0.15, -0.1) is 0 Å². The highest BCUT2D eigenvalue weighted by Crippen LogP contribution is 2.15. The molecule has 0 aromatic carbocycles. The molecule has 1 aliphatic heterocycles. The molecule has 0 spiro atoms. The molecule has 0 aromatic rings. The van der Waals surface area contributed by atoms with Gasteiger partial charge in [0.2, 0.25) is 0 Å². The van der Waals surface area contributed by atoms with Crippen LogP contribution >= 0.6 is 0 Å². The van der Waals surface area contributed by atoms with Gasteiger partial charge >= 0.3 is 5.97 Å². The van der Waals surface area contributed by atoms with E-state index >= 15 is 0 Å². The van der Waals surface area contributed by atoms with Crippen LogP contribution in [0.25, 0.3) is 0 Å². The molecular weight excluding hydrogens is 146 g/mol. The average Bonchev–Trinajstić information content (AvgIpc) is 2.07. The molecule has 1 heterocycles. The van der Waals surface area contributed by atoms with Crippen LogP contribution in [0.2, 0.25) is 0 Å². The molecule has 0 bridgehead atoms. The highest BCUT2D eigenvalue weighted by atomic mass is 16.7. The van der Waals surface area contributed by atoms with Gasteiger partial charge in [0.15, 0.2) is 0 Å². The summed E-state index contributed by atoms with van der Waals surface area (Å²) in [7, 11) is 0. The van der Waals surface area contributed by atoms with E-state index in [1.165, 1.54) is 0 Å². The average molecular weight is 157 g/mol. The predicted octanol–water partition coefficient (Wildman–Crippen LogP) is 0.572. The van der Waals surface area contributed by atoms with Gasteiger partial charge < -0.3 is 9.57 Å². The summed E-state index contributed by atoms with van der Waals surface area (Å²) in [6.07, 6.45) is 1.46. The standard InChI is InChI=1S/C7H11NO3/c1-8-11-7(9)6-2-4-10-5-3-6/h6H,1-5H2. The van der Waals surface area contributed by atoms with Crippen LogP contribution in [0.3, 0.4) is 0 Å². The molecule has 0 radical (unpaired) electrons. The van der Waals surface area contributed by atoms with Gasteiger partial charge in [-0.05, 0) is 12.8 Å². The first-order valence-corrected chi connectivity index (χ1v) is 3.59. The van der Waals surface area contributed by atoms with Gasteiger partial charge in [-0.3, -0.25) is 0 Å². The van der Waals surface area contributed by atoms with Gasteiger partial charge in [-0.1, -0.05) is 5.16 Å². The summed E-state index contributed by atoms with van der Waals surface area (Å²) >= 11 is 0. The first-order chi connectivity index (χ1) is 5.34. The molecule has 0 unspecified atom stereocenters. The second-order valence-electron chi connectivity index (χ2n) is 2.43. The number of nitrogens with zero attached hydrogens (tertiary/aromatic N) is 1. The zero-order chi connectivity index (χ0) is 8.10. The molecule has 0 atom stereocenters. The smallest absolute Gasteiger partial charge is 0.338 e. The number of rotatable bonds is 2. The number of hydrogen-bond donors (Lipinski definition) is 0. The van der Waals surface area contributed by atoms with E-state index in [1.54, 1.807) is 0 Å². The zero-order valence-corrected chi connectivity index (χ0v) is 6.28. The highest BCUT2D eigenvalue weighted by Gasteiger charge is 2.22. The van der Waals surface area contributed by atoms with Crippen LogP contribution in [0.5, 0.6) is 0 Å². The van der Waals surface area contributed by atoms with Gasteiger partial charge in [0, 0.05) is 19.9 Å². The molecule has 1 rings (SSSR count). The number of hydrogen-bond acceptors (Lipinski definition) is 4. The molecule has 4 heteroatoms. The second-order valence-corrected chi connectivity index (χ2v) is 2.43. The quantitative estimate of drug-likeness (QED) is 0.334. The maximum atomic E-state index is 11.0. The molecule has 62 valence electrons. The third kappa shape index (κ3) is 2.31. The van der Waals surface area contributed by atoms with Crippen molar-refractivity contribution in [3.8, 4) is 0 Å². The summed E-state index contributed by atoms with van der Waals surface area (Å²) in [4.78, 5) is 15.4. The molecule has 1 aliphatic rings. The van der Waals surface area contributed by atoms with Crippen molar-refractivity contribution in [2.75, 3.05) is 13.2 Å². The maximum Gasteiger partial charge on any atom is 0.338 e. The van der Waals surface area contributed by atoms with Crippen molar-refractivity contribution in [3.05, 3.63) is 0 Å². The Balaban J connectivity index is 2.32. The van der Waals surface area contributed by atoms with Gasteiger partial charge in [-0.25, -0.2) is 4.79 Å². The lowest BCUT2D eigenvalue weighted by atomic mass is 10.0. The van der Waals surface area contributed by atoms with Crippen LogP contribution < -0.4 is 0 Å². The lowest BCUT2D eigenvalue weighted by Gasteiger charge is -2.18. The van der Waals surface area contributed by atoms with Crippen molar-refractivity contribution in [1.82, 2.24) is 0 Å². The number of oxime groups is 1. The third-order valence-electron chi connectivity index (χ3n) is 1.71. The third-order valence-corrected chi connectivity index (χ3v) is 1.71. The molecule has 0 aliphatic carbocycles. The van der Waals surface area contributed by atoms with Crippen LogP contribution in [0.1, 0.15) is 12.8 Å². The van der Waals surface area contributed by atoms with Crippen molar-refractivity contribution >= 4 is 12.7 Å². The first kappa shape index (κ1) is 8.20. The predicted molar refractivity (Wildman–Crippen MR) is 39.2 cm³/mol. The summed E-state index contributed by atoms with van der Waals surface area (Å²) in [5.74, 6) is -0.336. The topological polar surface area (TPSA) is 47.9 Å². The highest BCUT2D eigenvalue weighted by molar-refractivity contribution is 5.72. The summed E-state index contributed by atoms with van der Waals surface area (Å²) in [5, 5.41) is 3.07. The molecule has 0 amide bonds. The van der Waals surface area contributed by atoms with Crippen LogP contribution in [0.4, 0.5) is 0 Å². The molecule has 0 N–H and O–H groups in total. The van der Waals surface area contributed by atoms with Crippen LogP contribution in [-0.2, 0) is 14.4 Å². The maximum absolute atomic E-state index is 11.0. The fourth-order valence-electron chi connectivity index (χ4n) is 1.07. The minimum atomic E-state index is -0.289. The molecule has 4 nitrogen and oxygen atoms in total. The molecule has 0 saturated carbocycles. The zero-order valence-electron chi connectivity index (χ0n) is 6.28. The Hall–Kier alpha value is -0.900. The van der Waals surface area contributed by atoms with Crippen molar-refractivity contribution in [2.45, 2.75) is 12.8 Å². The van der Waals surface area contributed by atoms with Crippen LogP contribution in [0, 0.1) is 5.92 Å². The van der Waals surface area contributed by atoms with E-state index in [0.29, 0.717) is 13.2 Å². The summed E-state index contributed by atoms with van der Waals surface area (Å²) in [6, 6.07) is 0. The summed E-state index contributed by atoms with van der Waals surface area (Å²) in [5.41, 5.74) is 0. The fourth-order valence-corrected chi connectivity index (χ4v) is 1.07. The molecular formula is C7H11NO3. The lowest BCUT2D eigenvalue weighted by Crippen LogP contribution is -2.23. The van der Waals surface area contributed by atoms with Crippen LogP contribution in [0.15, 0.2) is 5.16 Å².